The average molecular weight is 294 g/mol. The number of hydrogen-bond acceptors (Lipinski definition) is 3. The molecule has 2 aromatic carbocycles. The molecule has 19 heavy (non-hydrogen) atoms. The summed E-state index contributed by atoms with van der Waals surface area (Å²) in [5.41, 5.74) is 2.92. The third-order valence-corrected chi connectivity index (χ3v) is 3.54. The zero-order chi connectivity index (χ0) is 13.4. The minimum absolute atomic E-state index is 0.0229. The maximum atomic E-state index is 9.10. The molecular formula is C14H9Cl2NO2. The van der Waals surface area contributed by atoms with E-state index in [1.807, 2.05) is 0 Å². The van der Waals surface area contributed by atoms with Gasteiger partial charge in [-0.05, 0) is 35.9 Å². The fourth-order valence-electron chi connectivity index (χ4n) is 1.82. The zero-order valence-corrected chi connectivity index (χ0v) is 11.2. The topological polar surface area (TPSA) is 46.3 Å². The zero-order valence-electron chi connectivity index (χ0n) is 9.73. The van der Waals surface area contributed by atoms with Crippen LogP contribution in [0.2, 0.25) is 10.0 Å². The summed E-state index contributed by atoms with van der Waals surface area (Å²) in [4.78, 5) is 4.38. The van der Waals surface area contributed by atoms with Gasteiger partial charge < -0.3 is 9.52 Å². The number of nitrogens with zero attached hydrogens (tertiary/aromatic N) is 1. The highest BCUT2D eigenvalue weighted by Gasteiger charge is 2.10. The molecular weight excluding hydrogens is 285 g/mol. The van der Waals surface area contributed by atoms with Crippen LogP contribution in [0.3, 0.4) is 0 Å². The van der Waals surface area contributed by atoms with Gasteiger partial charge >= 0.3 is 0 Å². The SMILES string of the molecule is OCc1ccc2oc(-c3ccc(Cl)c(Cl)c3)nc2c1. The molecule has 0 spiro atoms. The van der Waals surface area contributed by atoms with Crippen LogP contribution in [0, 0.1) is 0 Å². The largest absolute Gasteiger partial charge is 0.436 e. The molecule has 0 saturated heterocycles. The third kappa shape index (κ3) is 2.32. The van der Waals surface area contributed by atoms with Gasteiger partial charge in [0, 0.05) is 5.56 Å². The van der Waals surface area contributed by atoms with E-state index in [4.69, 9.17) is 32.7 Å². The van der Waals surface area contributed by atoms with Crippen LogP contribution in [0.1, 0.15) is 5.56 Å². The Kier molecular flexibility index (Phi) is 3.19. The van der Waals surface area contributed by atoms with Gasteiger partial charge in [-0.25, -0.2) is 4.98 Å². The van der Waals surface area contributed by atoms with E-state index in [1.54, 1.807) is 36.4 Å². The van der Waals surface area contributed by atoms with E-state index >= 15 is 0 Å². The van der Waals surface area contributed by atoms with Gasteiger partial charge in [0.1, 0.15) is 5.52 Å². The van der Waals surface area contributed by atoms with Crippen molar-refractivity contribution in [1.82, 2.24) is 4.98 Å². The highest BCUT2D eigenvalue weighted by molar-refractivity contribution is 6.42. The number of aromatic nitrogens is 1. The molecule has 96 valence electrons. The molecule has 1 N–H and O–H groups in total. The number of hydrogen-bond donors (Lipinski definition) is 1. The minimum Gasteiger partial charge on any atom is -0.436 e. The summed E-state index contributed by atoms with van der Waals surface area (Å²) in [6, 6.07) is 10.6. The Hall–Kier alpha value is -1.55. The predicted octanol–water partition coefficient (Wildman–Crippen LogP) is 4.29. The van der Waals surface area contributed by atoms with Gasteiger partial charge in [0.2, 0.25) is 5.89 Å². The summed E-state index contributed by atoms with van der Waals surface area (Å²) in [7, 11) is 0. The molecule has 0 unspecified atom stereocenters. The van der Waals surface area contributed by atoms with Crippen molar-refractivity contribution in [3.05, 3.63) is 52.0 Å². The van der Waals surface area contributed by atoms with Gasteiger partial charge in [0.15, 0.2) is 5.58 Å². The van der Waals surface area contributed by atoms with Crippen LogP contribution < -0.4 is 0 Å². The van der Waals surface area contributed by atoms with Gasteiger partial charge in [-0.1, -0.05) is 29.3 Å². The first-order valence-electron chi connectivity index (χ1n) is 5.63. The van der Waals surface area contributed by atoms with Gasteiger partial charge in [-0.2, -0.15) is 0 Å². The van der Waals surface area contributed by atoms with E-state index in [0.29, 0.717) is 27.0 Å². The van der Waals surface area contributed by atoms with Gasteiger partial charge in [-0.3, -0.25) is 0 Å². The van der Waals surface area contributed by atoms with Crippen LogP contribution in [-0.4, -0.2) is 10.1 Å². The Morgan fingerprint density at radius 2 is 1.89 bits per heavy atom. The van der Waals surface area contributed by atoms with E-state index in [9.17, 15) is 0 Å². The molecule has 1 aromatic heterocycles. The number of oxazole rings is 1. The van der Waals surface area contributed by atoms with Crippen molar-refractivity contribution in [1.29, 1.82) is 0 Å². The summed E-state index contributed by atoms with van der Waals surface area (Å²) < 4.78 is 5.65. The number of fused-ring (bicyclic) bond motifs is 1. The summed E-state index contributed by atoms with van der Waals surface area (Å²) >= 11 is 11.9. The summed E-state index contributed by atoms with van der Waals surface area (Å²) in [5, 5.41) is 10.0. The molecule has 0 bridgehead atoms. The average Bonchev–Trinajstić information content (AvgIpc) is 2.84. The summed E-state index contributed by atoms with van der Waals surface area (Å²) in [6.45, 7) is -0.0229. The highest BCUT2D eigenvalue weighted by Crippen LogP contribution is 2.30. The molecule has 3 aromatic rings. The second-order valence-electron chi connectivity index (χ2n) is 4.11. The molecule has 0 aliphatic carbocycles. The highest BCUT2D eigenvalue weighted by atomic mass is 35.5. The van der Waals surface area contributed by atoms with E-state index in [2.05, 4.69) is 4.98 Å². The van der Waals surface area contributed by atoms with Crippen molar-refractivity contribution in [3.63, 3.8) is 0 Å². The Balaban J connectivity index is 2.11. The first kappa shape index (κ1) is 12.5. The fraction of sp³-hybridized carbons (Fsp3) is 0.0714. The number of benzene rings is 2. The maximum Gasteiger partial charge on any atom is 0.227 e. The first-order chi connectivity index (χ1) is 9.17. The van der Waals surface area contributed by atoms with E-state index in [0.717, 1.165) is 11.1 Å². The Morgan fingerprint density at radius 1 is 1.05 bits per heavy atom. The Bertz CT molecular complexity index is 752. The van der Waals surface area contributed by atoms with Crippen molar-refractivity contribution < 1.29 is 9.52 Å². The monoisotopic (exact) mass is 293 g/mol. The predicted molar refractivity (Wildman–Crippen MR) is 75.4 cm³/mol. The van der Waals surface area contributed by atoms with Crippen molar-refractivity contribution in [2.45, 2.75) is 6.61 Å². The summed E-state index contributed by atoms with van der Waals surface area (Å²) in [6.07, 6.45) is 0. The quantitative estimate of drug-likeness (QED) is 0.766. The van der Waals surface area contributed by atoms with Crippen molar-refractivity contribution in [2.75, 3.05) is 0 Å². The molecule has 0 aliphatic heterocycles. The number of aliphatic hydroxyl groups is 1. The standard InChI is InChI=1S/C14H9Cl2NO2/c15-10-3-2-9(6-11(10)16)14-17-12-5-8(7-18)1-4-13(12)19-14/h1-6,18H,7H2. The number of rotatable bonds is 2. The molecule has 0 aliphatic rings. The molecule has 0 fully saturated rings. The van der Waals surface area contributed by atoms with Crippen molar-refractivity contribution in [3.8, 4) is 11.5 Å². The normalized spacial score (nSPS) is 11.1. The number of halogens is 2. The van der Waals surface area contributed by atoms with Crippen LogP contribution in [0.15, 0.2) is 40.8 Å². The lowest BCUT2D eigenvalue weighted by atomic mass is 10.2. The fourth-order valence-corrected chi connectivity index (χ4v) is 2.12. The van der Waals surface area contributed by atoms with Crippen molar-refractivity contribution >= 4 is 34.3 Å². The van der Waals surface area contributed by atoms with Crippen LogP contribution in [-0.2, 0) is 6.61 Å². The van der Waals surface area contributed by atoms with Gasteiger partial charge in [0.25, 0.3) is 0 Å². The van der Waals surface area contributed by atoms with E-state index < -0.39 is 0 Å². The van der Waals surface area contributed by atoms with Crippen LogP contribution >= 0.6 is 23.2 Å². The molecule has 0 amide bonds. The van der Waals surface area contributed by atoms with Crippen LogP contribution in [0.5, 0.6) is 0 Å². The molecule has 0 atom stereocenters. The molecule has 1 heterocycles. The maximum absolute atomic E-state index is 9.10. The van der Waals surface area contributed by atoms with Crippen LogP contribution in [0.25, 0.3) is 22.6 Å². The molecule has 0 saturated carbocycles. The second kappa shape index (κ2) is 4.85. The summed E-state index contributed by atoms with van der Waals surface area (Å²) in [5.74, 6) is 0.476. The van der Waals surface area contributed by atoms with Gasteiger partial charge in [0.05, 0.1) is 16.7 Å². The molecule has 5 heteroatoms. The number of aliphatic hydroxyl groups excluding tert-OH is 1. The van der Waals surface area contributed by atoms with E-state index in [-0.39, 0.29) is 6.61 Å². The Morgan fingerprint density at radius 3 is 2.63 bits per heavy atom. The molecule has 3 nitrogen and oxygen atoms in total. The lowest BCUT2D eigenvalue weighted by Gasteiger charge is -1.97. The second-order valence-corrected chi connectivity index (χ2v) is 4.92. The third-order valence-electron chi connectivity index (χ3n) is 2.80. The van der Waals surface area contributed by atoms with E-state index in [1.165, 1.54) is 0 Å². The minimum atomic E-state index is -0.0229. The molecule has 3 rings (SSSR count). The lowest BCUT2D eigenvalue weighted by molar-refractivity contribution is 0.282. The molecule has 0 radical (unpaired) electrons. The van der Waals surface area contributed by atoms with Gasteiger partial charge in [-0.15, -0.1) is 0 Å². The van der Waals surface area contributed by atoms with Crippen molar-refractivity contribution in [2.24, 2.45) is 0 Å². The lowest BCUT2D eigenvalue weighted by Crippen LogP contribution is -1.81. The first-order valence-corrected chi connectivity index (χ1v) is 6.39. The Labute approximate surface area is 119 Å². The smallest absolute Gasteiger partial charge is 0.227 e. The van der Waals surface area contributed by atoms with Crippen LogP contribution in [0.4, 0.5) is 0 Å².